The highest BCUT2D eigenvalue weighted by molar-refractivity contribution is 5.80. The molecule has 1 aromatic heterocycles. The number of aromatic nitrogens is 1. The maximum atomic E-state index is 11.8. The molecule has 0 unspecified atom stereocenters. The molecule has 92 valence electrons. The van der Waals surface area contributed by atoms with Crippen LogP contribution in [0.25, 0.3) is 0 Å². The van der Waals surface area contributed by atoms with Gasteiger partial charge in [-0.2, -0.15) is 0 Å². The molecule has 0 spiro atoms. The van der Waals surface area contributed by atoms with E-state index < -0.39 is 0 Å². The summed E-state index contributed by atoms with van der Waals surface area (Å²) in [5.41, 5.74) is 2.21. The zero-order chi connectivity index (χ0) is 12.3. The van der Waals surface area contributed by atoms with Gasteiger partial charge in [0.05, 0.1) is 5.69 Å². The number of aryl methyl sites for hydroxylation is 1. The molecule has 17 heavy (non-hydrogen) atoms. The quantitative estimate of drug-likeness (QED) is 0.799. The average Bonchev–Trinajstić information content (AvgIpc) is 2.74. The molecule has 0 radical (unpaired) electrons. The van der Waals surface area contributed by atoms with Crippen molar-refractivity contribution in [3.63, 3.8) is 0 Å². The average molecular weight is 233 g/mol. The number of hydrogen-bond donors (Lipinski definition) is 0. The minimum Gasteiger partial charge on any atom is -0.283 e. The Morgan fingerprint density at radius 2 is 2.35 bits per heavy atom. The molecule has 1 aliphatic rings. The van der Waals surface area contributed by atoms with E-state index >= 15 is 0 Å². The summed E-state index contributed by atoms with van der Waals surface area (Å²) in [6.07, 6.45) is 6.28. The molecule has 1 fully saturated rings. The molecule has 0 aromatic carbocycles. The van der Waals surface area contributed by atoms with E-state index in [1.807, 2.05) is 24.2 Å². The molecular formula is C13H19N3O. The summed E-state index contributed by atoms with van der Waals surface area (Å²) in [6.45, 7) is 5.87. The molecule has 0 atom stereocenters. The van der Waals surface area contributed by atoms with Crippen LogP contribution in [-0.2, 0) is 4.79 Å². The third kappa shape index (κ3) is 2.40. The maximum Gasteiger partial charge on any atom is 0.241 e. The second-order valence-corrected chi connectivity index (χ2v) is 4.41. The maximum absolute atomic E-state index is 11.8. The first-order chi connectivity index (χ1) is 8.24. The first-order valence-corrected chi connectivity index (χ1v) is 6.22. The number of amides is 1. The molecule has 0 aliphatic carbocycles. The molecule has 0 saturated carbocycles. The third-order valence-corrected chi connectivity index (χ3v) is 3.04. The van der Waals surface area contributed by atoms with Crippen LogP contribution in [0.5, 0.6) is 0 Å². The molecule has 0 N–H and O–H groups in total. The minimum absolute atomic E-state index is 0.231. The molecular weight excluding hydrogens is 214 g/mol. The van der Waals surface area contributed by atoms with Crippen LogP contribution >= 0.6 is 0 Å². The van der Waals surface area contributed by atoms with Gasteiger partial charge in [0.2, 0.25) is 5.91 Å². The van der Waals surface area contributed by atoms with Gasteiger partial charge < -0.3 is 0 Å². The zero-order valence-corrected chi connectivity index (χ0v) is 10.5. The Labute approximate surface area is 102 Å². The van der Waals surface area contributed by atoms with Crippen molar-refractivity contribution in [2.45, 2.75) is 33.1 Å². The Bertz CT molecular complexity index is 405. The van der Waals surface area contributed by atoms with Crippen molar-refractivity contribution in [1.82, 2.24) is 9.99 Å². The summed E-state index contributed by atoms with van der Waals surface area (Å²) in [7, 11) is 0. The highest BCUT2D eigenvalue weighted by Crippen LogP contribution is 2.24. The van der Waals surface area contributed by atoms with Crippen molar-refractivity contribution in [2.75, 3.05) is 18.1 Å². The monoisotopic (exact) mass is 233 g/mol. The predicted molar refractivity (Wildman–Crippen MR) is 67.6 cm³/mol. The molecule has 2 heterocycles. The van der Waals surface area contributed by atoms with Crippen molar-refractivity contribution in [3.8, 4) is 0 Å². The lowest BCUT2D eigenvalue weighted by molar-refractivity contribution is -0.128. The van der Waals surface area contributed by atoms with E-state index in [-0.39, 0.29) is 5.91 Å². The summed E-state index contributed by atoms with van der Waals surface area (Å²) in [5, 5.41) is 3.98. The van der Waals surface area contributed by atoms with E-state index in [1.165, 1.54) is 0 Å². The number of pyridine rings is 1. The third-order valence-electron chi connectivity index (χ3n) is 3.04. The number of nitrogens with zero attached hydrogens (tertiary/aromatic N) is 3. The van der Waals surface area contributed by atoms with Gasteiger partial charge in [-0.15, -0.1) is 0 Å². The Morgan fingerprint density at radius 3 is 2.94 bits per heavy atom. The van der Waals surface area contributed by atoms with Crippen LogP contribution < -0.4 is 5.01 Å². The van der Waals surface area contributed by atoms with Gasteiger partial charge in [0.25, 0.3) is 0 Å². The number of carbonyl (C=O) groups excluding carboxylic acids is 1. The summed E-state index contributed by atoms with van der Waals surface area (Å²) in [4.78, 5) is 15.9. The first kappa shape index (κ1) is 11.9. The van der Waals surface area contributed by atoms with Crippen LogP contribution in [0.15, 0.2) is 18.5 Å². The SMILES string of the molecule is CCCN(c1ccncc1C)N1CCCC1=O. The number of rotatable bonds is 4. The molecule has 1 aliphatic heterocycles. The second kappa shape index (κ2) is 5.17. The van der Waals surface area contributed by atoms with Gasteiger partial charge in [0.1, 0.15) is 0 Å². The van der Waals surface area contributed by atoms with Crippen molar-refractivity contribution in [2.24, 2.45) is 0 Å². The van der Waals surface area contributed by atoms with Gasteiger partial charge in [-0.05, 0) is 31.4 Å². The predicted octanol–water partition coefficient (Wildman–Crippen LogP) is 2.14. The fourth-order valence-electron chi connectivity index (χ4n) is 2.23. The van der Waals surface area contributed by atoms with Crippen LogP contribution in [0.1, 0.15) is 31.7 Å². The molecule has 2 rings (SSSR count). The highest BCUT2D eigenvalue weighted by Gasteiger charge is 2.26. The molecule has 4 nitrogen and oxygen atoms in total. The Morgan fingerprint density at radius 1 is 1.53 bits per heavy atom. The van der Waals surface area contributed by atoms with Crippen molar-refractivity contribution < 1.29 is 4.79 Å². The van der Waals surface area contributed by atoms with Crippen molar-refractivity contribution in [1.29, 1.82) is 0 Å². The Kier molecular flexibility index (Phi) is 3.61. The molecule has 1 saturated heterocycles. The number of hydrogen-bond acceptors (Lipinski definition) is 3. The van der Waals surface area contributed by atoms with E-state index in [1.54, 1.807) is 6.20 Å². The van der Waals surface area contributed by atoms with Crippen LogP contribution in [-0.4, -0.2) is 29.0 Å². The summed E-state index contributed by atoms with van der Waals surface area (Å²) in [6, 6.07) is 1.98. The zero-order valence-electron chi connectivity index (χ0n) is 10.5. The van der Waals surface area contributed by atoms with Crippen LogP contribution in [0.2, 0.25) is 0 Å². The molecule has 1 aromatic rings. The van der Waals surface area contributed by atoms with E-state index in [4.69, 9.17) is 0 Å². The second-order valence-electron chi connectivity index (χ2n) is 4.41. The summed E-state index contributed by atoms with van der Waals surface area (Å²) >= 11 is 0. The van der Waals surface area contributed by atoms with Gasteiger partial charge in [-0.1, -0.05) is 6.92 Å². The smallest absolute Gasteiger partial charge is 0.241 e. The molecule has 1 amide bonds. The van der Waals surface area contributed by atoms with Gasteiger partial charge in [-0.3, -0.25) is 19.8 Å². The van der Waals surface area contributed by atoms with Gasteiger partial charge in [-0.25, -0.2) is 0 Å². The van der Waals surface area contributed by atoms with E-state index in [0.29, 0.717) is 6.42 Å². The fourth-order valence-corrected chi connectivity index (χ4v) is 2.23. The topological polar surface area (TPSA) is 36.4 Å². The van der Waals surface area contributed by atoms with E-state index in [2.05, 4.69) is 16.9 Å². The fraction of sp³-hybridized carbons (Fsp3) is 0.538. The first-order valence-electron chi connectivity index (χ1n) is 6.22. The minimum atomic E-state index is 0.231. The molecule has 0 bridgehead atoms. The van der Waals surface area contributed by atoms with Crippen LogP contribution in [0.3, 0.4) is 0 Å². The van der Waals surface area contributed by atoms with E-state index in [0.717, 1.165) is 37.2 Å². The Balaban J connectivity index is 2.28. The van der Waals surface area contributed by atoms with E-state index in [9.17, 15) is 4.79 Å². The van der Waals surface area contributed by atoms with Gasteiger partial charge in [0.15, 0.2) is 0 Å². The lowest BCUT2D eigenvalue weighted by Crippen LogP contribution is -2.44. The highest BCUT2D eigenvalue weighted by atomic mass is 16.2. The molecule has 4 heteroatoms. The van der Waals surface area contributed by atoms with Crippen LogP contribution in [0, 0.1) is 6.92 Å². The van der Waals surface area contributed by atoms with Gasteiger partial charge in [0, 0.05) is 31.9 Å². The lowest BCUT2D eigenvalue weighted by atomic mass is 10.2. The standard InChI is InChI=1S/C13H19N3O/c1-3-8-15(16-9-4-5-13(16)17)12-6-7-14-10-11(12)2/h6-7,10H,3-5,8-9H2,1-2H3. The normalized spacial score (nSPS) is 15.4. The largest absolute Gasteiger partial charge is 0.283 e. The number of carbonyl (C=O) groups is 1. The number of hydrazine groups is 1. The Hall–Kier alpha value is -1.58. The van der Waals surface area contributed by atoms with Gasteiger partial charge >= 0.3 is 0 Å². The van der Waals surface area contributed by atoms with Crippen LogP contribution in [0.4, 0.5) is 5.69 Å². The summed E-state index contributed by atoms with van der Waals surface area (Å²) < 4.78 is 0. The number of anilines is 1. The lowest BCUT2D eigenvalue weighted by Gasteiger charge is -2.34. The van der Waals surface area contributed by atoms with Crippen molar-refractivity contribution >= 4 is 11.6 Å². The summed E-state index contributed by atoms with van der Waals surface area (Å²) in [5.74, 6) is 0.231. The van der Waals surface area contributed by atoms with Crippen molar-refractivity contribution in [3.05, 3.63) is 24.0 Å².